The van der Waals surface area contributed by atoms with Crippen LogP contribution in [-0.4, -0.2) is 51.0 Å². The van der Waals surface area contributed by atoms with Gasteiger partial charge in [0.05, 0.1) is 13.2 Å². The maximum absolute atomic E-state index is 11.1. The fourth-order valence-corrected chi connectivity index (χ4v) is 0.791. The van der Waals surface area contributed by atoms with Crippen molar-refractivity contribution < 1.29 is 14.6 Å². The Hall–Kier alpha value is -0.650. The van der Waals surface area contributed by atoms with Crippen LogP contribution in [0.1, 0.15) is 6.92 Å². The second-order valence-corrected chi connectivity index (χ2v) is 3.26. The maximum Gasteiger partial charge on any atom is 0.233 e. The third-order valence-corrected chi connectivity index (χ3v) is 1.73. The van der Waals surface area contributed by atoms with Crippen LogP contribution in [0.5, 0.6) is 0 Å². The van der Waals surface area contributed by atoms with E-state index in [9.17, 15) is 4.79 Å². The van der Waals surface area contributed by atoms with Gasteiger partial charge in [-0.1, -0.05) is 6.92 Å². The van der Waals surface area contributed by atoms with E-state index in [0.29, 0.717) is 26.2 Å². The molecule has 0 saturated carbocycles. The van der Waals surface area contributed by atoms with E-state index in [1.807, 2.05) is 6.92 Å². The molecule has 0 saturated heterocycles. The number of methoxy groups -OCH3 is 1. The van der Waals surface area contributed by atoms with E-state index in [-0.39, 0.29) is 18.4 Å². The first-order valence-electron chi connectivity index (χ1n) is 4.78. The van der Waals surface area contributed by atoms with Crippen molar-refractivity contribution in [3.63, 3.8) is 0 Å². The summed E-state index contributed by atoms with van der Waals surface area (Å²) in [7, 11) is 1.62. The largest absolute Gasteiger partial charge is 0.396 e. The molecular formula is C9H20N2O3. The topological polar surface area (TPSA) is 70.6 Å². The predicted octanol–water partition coefficient (Wildman–Crippen LogP) is -1.03. The van der Waals surface area contributed by atoms with Gasteiger partial charge in [0.15, 0.2) is 0 Å². The number of hydrogen-bond donors (Lipinski definition) is 3. The van der Waals surface area contributed by atoms with Crippen molar-refractivity contribution >= 4 is 5.91 Å². The monoisotopic (exact) mass is 204 g/mol. The fourth-order valence-electron chi connectivity index (χ4n) is 0.791. The Balaban J connectivity index is 3.28. The molecule has 1 unspecified atom stereocenters. The molecule has 0 aliphatic heterocycles. The summed E-state index contributed by atoms with van der Waals surface area (Å²) in [4.78, 5) is 11.1. The van der Waals surface area contributed by atoms with E-state index in [1.165, 1.54) is 0 Å². The summed E-state index contributed by atoms with van der Waals surface area (Å²) in [5, 5.41) is 14.3. The summed E-state index contributed by atoms with van der Waals surface area (Å²) >= 11 is 0. The van der Waals surface area contributed by atoms with Crippen molar-refractivity contribution in [1.82, 2.24) is 10.6 Å². The Kier molecular flexibility index (Phi) is 8.51. The number of hydrogen-bond acceptors (Lipinski definition) is 4. The molecule has 1 amide bonds. The zero-order chi connectivity index (χ0) is 10.8. The van der Waals surface area contributed by atoms with E-state index in [2.05, 4.69) is 10.6 Å². The number of nitrogens with one attached hydrogen (secondary N) is 2. The van der Waals surface area contributed by atoms with Crippen molar-refractivity contribution in [2.24, 2.45) is 5.92 Å². The number of carbonyl (C=O) groups excluding carboxylic acids is 1. The Morgan fingerprint density at radius 3 is 2.86 bits per heavy atom. The average molecular weight is 204 g/mol. The summed E-state index contributed by atoms with van der Waals surface area (Å²) in [6, 6.07) is 0. The highest BCUT2D eigenvalue weighted by atomic mass is 16.5. The first-order chi connectivity index (χ1) is 6.70. The van der Waals surface area contributed by atoms with Gasteiger partial charge in [0.1, 0.15) is 0 Å². The van der Waals surface area contributed by atoms with Gasteiger partial charge in [0, 0.05) is 26.8 Å². The van der Waals surface area contributed by atoms with Crippen molar-refractivity contribution in [1.29, 1.82) is 0 Å². The van der Waals surface area contributed by atoms with Gasteiger partial charge >= 0.3 is 0 Å². The van der Waals surface area contributed by atoms with Crippen molar-refractivity contribution in [2.45, 2.75) is 6.92 Å². The molecule has 0 spiro atoms. The van der Waals surface area contributed by atoms with E-state index < -0.39 is 0 Å². The number of aliphatic hydroxyl groups excluding tert-OH is 1. The van der Waals surface area contributed by atoms with Crippen LogP contribution in [0, 0.1) is 5.92 Å². The minimum absolute atomic E-state index is 0.0543. The lowest BCUT2D eigenvalue weighted by atomic mass is 10.2. The molecule has 5 heteroatoms. The van der Waals surface area contributed by atoms with Gasteiger partial charge in [-0.15, -0.1) is 0 Å². The number of amides is 1. The third kappa shape index (κ3) is 7.97. The van der Waals surface area contributed by atoms with Crippen LogP contribution in [0.2, 0.25) is 0 Å². The lowest BCUT2D eigenvalue weighted by Crippen LogP contribution is -2.37. The first-order valence-corrected chi connectivity index (χ1v) is 4.78. The van der Waals surface area contributed by atoms with Gasteiger partial charge in [-0.3, -0.25) is 4.79 Å². The van der Waals surface area contributed by atoms with E-state index >= 15 is 0 Å². The molecule has 0 radical (unpaired) electrons. The Morgan fingerprint density at radius 2 is 2.29 bits per heavy atom. The Bertz CT molecular complexity index is 153. The van der Waals surface area contributed by atoms with Crippen LogP contribution in [-0.2, 0) is 9.53 Å². The summed E-state index contributed by atoms with van der Waals surface area (Å²) in [6.45, 7) is 4.04. The molecule has 0 fully saturated rings. The summed E-state index contributed by atoms with van der Waals surface area (Å²) in [5.74, 6) is 0.0549. The normalized spacial score (nSPS) is 12.5. The van der Waals surface area contributed by atoms with Crippen molar-refractivity contribution in [2.75, 3.05) is 40.0 Å². The summed E-state index contributed by atoms with van der Waals surface area (Å²) in [6.07, 6.45) is 0. The Morgan fingerprint density at radius 1 is 1.57 bits per heavy atom. The zero-order valence-electron chi connectivity index (χ0n) is 8.88. The standard InChI is InChI=1S/C9H20N2O3/c1-8(7-12)5-11-9(13)6-10-3-4-14-2/h8,10,12H,3-7H2,1-2H3,(H,11,13). The zero-order valence-corrected chi connectivity index (χ0v) is 8.88. The van der Waals surface area contributed by atoms with Crippen molar-refractivity contribution in [3.05, 3.63) is 0 Å². The fraction of sp³-hybridized carbons (Fsp3) is 0.889. The molecule has 0 heterocycles. The highest BCUT2D eigenvalue weighted by molar-refractivity contribution is 5.77. The summed E-state index contributed by atoms with van der Waals surface area (Å²) in [5.41, 5.74) is 0. The van der Waals surface area contributed by atoms with E-state index in [1.54, 1.807) is 7.11 Å². The summed E-state index contributed by atoms with van der Waals surface area (Å²) < 4.78 is 4.81. The predicted molar refractivity (Wildman–Crippen MR) is 54.0 cm³/mol. The van der Waals surface area contributed by atoms with Crippen LogP contribution in [0.3, 0.4) is 0 Å². The van der Waals surface area contributed by atoms with Gasteiger partial charge in [0.25, 0.3) is 0 Å². The van der Waals surface area contributed by atoms with E-state index in [4.69, 9.17) is 9.84 Å². The molecule has 1 atom stereocenters. The SMILES string of the molecule is COCCNCC(=O)NCC(C)CO. The third-order valence-electron chi connectivity index (χ3n) is 1.73. The molecule has 0 aromatic carbocycles. The lowest BCUT2D eigenvalue weighted by molar-refractivity contribution is -0.120. The first kappa shape index (κ1) is 13.4. The minimum Gasteiger partial charge on any atom is -0.396 e. The molecule has 14 heavy (non-hydrogen) atoms. The number of aliphatic hydroxyl groups is 1. The molecule has 0 rings (SSSR count). The molecule has 0 aliphatic rings. The maximum atomic E-state index is 11.1. The van der Waals surface area contributed by atoms with Crippen molar-refractivity contribution in [3.8, 4) is 0 Å². The van der Waals surface area contributed by atoms with Crippen LogP contribution < -0.4 is 10.6 Å². The average Bonchev–Trinajstić information content (AvgIpc) is 2.21. The number of ether oxygens (including phenoxy) is 1. The highest BCUT2D eigenvalue weighted by Gasteiger charge is 2.03. The quantitative estimate of drug-likeness (QED) is 0.442. The smallest absolute Gasteiger partial charge is 0.233 e. The second-order valence-electron chi connectivity index (χ2n) is 3.26. The van der Waals surface area contributed by atoms with Crippen LogP contribution in [0.25, 0.3) is 0 Å². The molecule has 3 N–H and O–H groups in total. The van der Waals surface area contributed by atoms with Crippen LogP contribution >= 0.6 is 0 Å². The molecule has 0 aliphatic carbocycles. The van der Waals surface area contributed by atoms with Crippen LogP contribution in [0.4, 0.5) is 0 Å². The lowest BCUT2D eigenvalue weighted by Gasteiger charge is -2.09. The minimum atomic E-state index is -0.0543. The molecule has 0 bridgehead atoms. The molecular weight excluding hydrogens is 184 g/mol. The van der Waals surface area contributed by atoms with Crippen LogP contribution in [0.15, 0.2) is 0 Å². The van der Waals surface area contributed by atoms with Gasteiger partial charge in [-0.2, -0.15) is 0 Å². The second kappa shape index (κ2) is 8.93. The van der Waals surface area contributed by atoms with Gasteiger partial charge in [0.2, 0.25) is 5.91 Å². The number of rotatable bonds is 8. The Labute approximate surface area is 84.8 Å². The van der Waals surface area contributed by atoms with Gasteiger partial charge < -0.3 is 20.5 Å². The van der Waals surface area contributed by atoms with Gasteiger partial charge in [-0.05, 0) is 5.92 Å². The number of carbonyl (C=O) groups is 1. The molecule has 0 aromatic heterocycles. The van der Waals surface area contributed by atoms with E-state index in [0.717, 1.165) is 0 Å². The highest BCUT2D eigenvalue weighted by Crippen LogP contribution is 1.87. The van der Waals surface area contributed by atoms with Gasteiger partial charge in [-0.25, -0.2) is 0 Å². The molecule has 5 nitrogen and oxygen atoms in total. The molecule has 84 valence electrons. The molecule has 0 aromatic rings.